The van der Waals surface area contributed by atoms with Gasteiger partial charge in [-0.3, -0.25) is 4.79 Å². The van der Waals surface area contributed by atoms with Crippen LogP contribution < -0.4 is 4.72 Å². The summed E-state index contributed by atoms with van der Waals surface area (Å²) in [5.41, 5.74) is 0. The lowest BCUT2D eigenvalue weighted by atomic mass is 10.2. The average molecular weight is 280 g/mol. The van der Waals surface area contributed by atoms with Gasteiger partial charge in [-0.15, -0.1) is 0 Å². The number of methoxy groups -OCH3 is 1. The van der Waals surface area contributed by atoms with Crippen molar-refractivity contribution in [3.63, 3.8) is 0 Å². The predicted molar refractivity (Wildman–Crippen MR) is 65.0 cm³/mol. The number of aliphatic hydroxyl groups is 1. The minimum Gasteiger partial charge on any atom is -0.468 e. The molecule has 0 amide bonds. The first kappa shape index (κ1) is 15.4. The number of esters is 1. The van der Waals surface area contributed by atoms with Gasteiger partial charge in [0, 0.05) is 13.1 Å². The molecular weight excluding hydrogens is 260 g/mol. The second-order valence-corrected chi connectivity index (χ2v) is 5.90. The van der Waals surface area contributed by atoms with E-state index in [-0.39, 0.29) is 0 Å². The van der Waals surface area contributed by atoms with E-state index in [1.807, 2.05) is 0 Å². The highest BCUT2D eigenvalue weighted by molar-refractivity contribution is 7.87. The van der Waals surface area contributed by atoms with Crippen LogP contribution in [0.2, 0.25) is 0 Å². The number of nitrogens with one attached hydrogen (secondary N) is 1. The summed E-state index contributed by atoms with van der Waals surface area (Å²) in [7, 11) is -2.61. The van der Waals surface area contributed by atoms with Crippen LogP contribution in [-0.4, -0.2) is 56.6 Å². The molecule has 0 unspecified atom stereocenters. The lowest BCUT2D eigenvalue weighted by Gasteiger charge is -2.22. The molecule has 1 saturated heterocycles. The molecule has 8 heteroatoms. The zero-order valence-electron chi connectivity index (χ0n) is 10.5. The SMILES string of the molecule is COC(=O)[C@H](CO)NS(=O)(=O)N1CCCCCC1. The Hall–Kier alpha value is -0.700. The topological polar surface area (TPSA) is 95.9 Å². The predicted octanol–water partition coefficient (Wildman–Crippen LogP) is -0.769. The van der Waals surface area contributed by atoms with E-state index >= 15 is 0 Å². The number of aliphatic hydroxyl groups excluding tert-OH is 1. The number of ether oxygens (including phenoxy) is 1. The number of nitrogens with zero attached hydrogens (tertiary/aromatic N) is 1. The smallest absolute Gasteiger partial charge is 0.326 e. The highest BCUT2D eigenvalue weighted by Crippen LogP contribution is 2.12. The summed E-state index contributed by atoms with van der Waals surface area (Å²) >= 11 is 0. The molecule has 7 nitrogen and oxygen atoms in total. The van der Waals surface area contributed by atoms with E-state index < -0.39 is 28.8 Å². The molecule has 0 aromatic heterocycles. The summed E-state index contributed by atoms with van der Waals surface area (Å²) in [5.74, 6) is -0.795. The zero-order valence-corrected chi connectivity index (χ0v) is 11.3. The standard InChI is InChI=1S/C10H20N2O5S/c1-17-10(14)9(8-13)11-18(15,16)12-6-4-2-3-5-7-12/h9,11,13H,2-8H2,1H3/t9-/m0/s1. The average Bonchev–Trinajstić information content (AvgIpc) is 2.64. The van der Waals surface area contributed by atoms with Crippen LogP contribution >= 0.6 is 0 Å². The lowest BCUT2D eigenvalue weighted by Crippen LogP contribution is -2.50. The summed E-state index contributed by atoms with van der Waals surface area (Å²) in [6.07, 6.45) is 3.63. The molecule has 0 bridgehead atoms. The first-order valence-electron chi connectivity index (χ1n) is 5.97. The third-order valence-electron chi connectivity index (χ3n) is 2.86. The number of carbonyl (C=O) groups is 1. The Kier molecular flexibility index (Phi) is 6.00. The first-order chi connectivity index (χ1) is 8.51. The fourth-order valence-electron chi connectivity index (χ4n) is 1.84. The summed E-state index contributed by atoms with van der Waals surface area (Å²) in [6, 6.07) is -1.25. The van der Waals surface area contributed by atoms with Gasteiger partial charge in [0.25, 0.3) is 10.2 Å². The maximum absolute atomic E-state index is 12.0. The third-order valence-corrected chi connectivity index (χ3v) is 4.49. The quantitative estimate of drug-likeness (QED) is 0.645. The van der Waals surface area contributed by atoms with Crippen LogP contribution in [0.1, 0.15) is 25.7 Å². The molecule has 1 heterocycles. The van der Waals surface area contributed by atoms with Crippen molar-refractivity contribution in [2.45, 2.75) is 31.7 Å². The third kappa shape index (κ3) is 4.20. The number of rotatable bonds is 5. The molecular formula is C10H20N2O5S. The lowest BCUT2D eigenvalue weighted by molar-refractivity contribution is -0.143. The van der Waals surface area contributed by atoms with Crippen molar-refractivity contribution in [2.24, 2.45) is 0 Å². The highest BCUT2D eigenvalue weighted by atomic mass is 32.2. The largest absolute Gasteiger partial charge is 0.468 e. The van der Waals surface area contributed by atoms with Crippen molar-refractivity contribution in [2.75, 3.05) is 26.8 Å². The maximum Gasteiger partial charge on any atom is 0.326 e. The molecule has 0 radical (unpaired) electrons. The monoisotopic (exact) mass is 280 g/mol. The molecule has 1 rings (SSSR count). The molecule has 0 aliphatic carbocycles. The molecule has 1 fully saturated rings. The van der Waals surface area contributed by atoms with Gasteiger partial charge < -0.3 is 9.84 Å². The van der Waals surface area contributed by atoms with E-state index in [1.54, 1.807) is 0 Å². The number of carbonyl (C=O) groups excluding carboxylic acids is 1. The molecule has 1 aliphatic heterocycles. The highest BCUT2D eigenvalue weighted by Gasteiger charge is 2.29. The Labute approximate surface area is 107 Å². The van der Waals surface area contributed by atoms with Gasteiger partial charge in [-0.05, 0) is 12.8 Å². The van der Waals surface area contributed by atoms with Gasteiger partial charge in [0.2, 0.25) is 0 Å². The minimum atomic E-state index is -3.75. The second kappa shape index (κ2) is 7.03. The van der Waals surface area contributed by atoms with Crippen molar-refractivity contribution in [1.29, 1.82) is 0 Å². The molecule has 0 aromatic rings. The summed E-state index contributed by atoms with van der Waals surface area (Å²) in [6.45, 7) is 0.253. The van der Waals surface area contributed by atoms with Crippen LogP contribution in [0, 0.1) is 0 Å². The van der Waals surface area contributed by atoms with Crippen molar-refractivity contribution < 1.29 is 23.1 Å². The minimum absolute atomic E-state index is 0.439. The van der Waals surface area contributed by atoms with E-state index in [2.05, 4.69) is 9.46 Å². The normalized spacial score (nSPS) is 20.1. The van der Waals surface area contributed by atoms with E-state index in [0.717, 1.165) is 32.8 Å². The van der Waals surface area contributed by atoms with Crippen LogP contribution in [0.15, 0.2) is 0 Å². The molecule has 0 saturated carbocycles. The van der Waals surface area contributed by atoms with Gasteiger partial charge in [-0.1, -0.05) is 12.8 Å². The van der Waals surface area contributed by atoms with Crippen LogP contribution in [-0.2, 0) is 19.7 Å². The number of hydrogen-bond acceptors (Lipinski definition) is 5. The molecule has 106 valence electrons. The Bertz CT molecular complexity index is 362. The molecule has 0 spiro atoms. The number of hydrogen-bond donors (Lipinski definition) is 2. The van der Waals surface area contributed by atoms with Gasteiger partial charge in [0.1, 0.15) is 6.04 Å². The van der Waals surface area contributed by atoms with E-state index in [9.17, 15) is 13.2 Å². The van der Waals surface area contributed by atoms with Crippen molar-refractivity contribution in [3.8, 4) is 0 Å². The Morgan fingerprint density at radius 2 is 1.89 bits per heavy atom. The van der Waals surface area contributed by atoms with Crippen molar-refractivity contribution in [3.05, 3.63) is 0 Å². The summed E-state index contributed by atoms with van der Waals surface area (Å²) in [5, 5.41) is 9.00. The van der Waals surface area contributed by atoms with Crippen molar-refractivity contribution >= 4 is 16.2 Å². The summed E-state index contributed by atoms with van der Waals surface area (Å²) < 4.78 is 31.9. The maximum atomic E-state index is 12.0. The second-order valence-electron chi connectivity index (χ2n) is 4.19. The fourth-order valence-corrected chi connectivity index (χ4v) is 3.26. The van der Waals surface area contributed by atoms with Crippen LogP contribution in [0.4, 0.5) is 0 Å². The zero-order chi connectivity index (χ0) is 13.6. The van der Waals surface area contributed by atoms with Gasteiger partial charge in [0.05, 0.1) is 13.7 Å². The van der Waals surface area contributed by atoms with Gasteiger partial charge in [-0.2, -0.15) is 17.4 Å². The molecule has 2 N–H and O–H groups in total. The van der Waals surface area contributed by atoms with E-state index in [0.29, 0.717) is 13.1 Å². The fraction of sp³-hybridized carbons (Fsp3) is 0.900. The van der Waals surface area contributed by atoms with Gasteiger partial charge in [0.15, 0.2) is 0 Å². The molecule has 18 heavy (non-hydrogen) atoms. The van der Waals surface area contributed by atoms with E-state index in [1.165, 1.54) is 4.31 Å². The molecule has 0 aromatic carbocycles. The van der Waals surface area contributed by atoms with Crippen LogP contribution in [0.25, 0.3) is 0 Å². The Balaban J connectivity index is 2.69. The van der Waals surface area contributed by atoms with Crippen LogP contribution in [0.5, 0.6) is 0 Å². The molecule has 1 atom stereocenters. The van der Waals surface area contributed by atoms with Crippen molar-refractivity contribution in [1.82, 2.24) is 9.03 Å². The Morgan fingerprint density at radius 1 is 1.33 bits per heavy atom. The summed E-state index contributed by atoms with van der Waals surface area (Å²) in [4.78, 5) is 11.2. The first-order valence-corrected chi connectivity index (χ1v) is 7.41. The van der Waals surface area contributed by atoms with Gasteiger partial charge >= 0.3 is 5.97 Å². The Morgan fingerprint density at radius 3 is 2.33 bits per heavy atom. The van der Waals surface area contributed by atoms with Gasteiger partial charge in [-0.25, -0.2) is 0 Å². The molecule has 1 aliphatic rings. The van der Waals surface area contributed by atoms with E-state index in [4.69, 9.17) is 5.11 Å². The van der Waals surface area contributed by atoms with Crippen LogP contribution in [0.3, 0.4) is 0 Å².